The molecule has 0 aliphatic heterocycles. The molecule has 5 heteroatoms. The van der Waals surface area contributed by atoms with Crippen LogP contribution in [0.15, 0.2) is 72.8 Å². The van der Waals surface area contributed by atoms with Crippen molar-refractivity contribution in [2.45, 2.75) is 31.6 Å². The molecule has 0 aliphatic rings. The molecule has 0 atom stereocenters. The molecule has 140 valence electrons. The lowest BCUT2D eigenvalue weighted by Gasteiger charge is -2.16. The molecule has 1 N–H and O–H groups in total. The minimum absolute atomic E-state index is 0.0505. The van der Waals surface area contributed by atoms with E-state index in [0.29, 0.717) is 19.3 Å². The molecule has 0 spiro atoms. The molecule has 0 fully saturated rings. The maximum atomic E-state index is 12.6. The van der Waals surface area contributed by atoms with Gasteiger partial charge in [0.25, 0.3) is 0 Å². The molecule has 0 aliphatic carbocycles. The number of rotatable bonds is 9. The van der Waals surface area contributed by atoms with E-state index < -0.39 is 23.8 Å². The normalized spacial score (nSPS) is 10.4. The molecule has 2 rings (SSSR count). The van der Waals surface area contributed by atoms with Crippen molar-refractivity contribution in [1.82, 2.24) is 0 Å². The Morgan fingerprint density at radius 3 is 1.81 bits per heavy atom. The Bertz CT molecular complexity index is 756. The van der Waals surface area contributed by atoms with Gasteiger partial charge in [-0.05, 0) is 30.4 Å². The van der Waals surface area contributed by atoms with Crippen LogP contribution in [0.3, 0.4) is 0 Å². The van der Waals surface area contributed by atoms with Gasteiger partial charge in [-0.15, -0.1) is 0 Å². The first kappa shape index (κ1) is 20.1. The van der Waals surface area contributed by atoms with E-state index >= 15 is 0 Å². The maximum absolute atomic E-state index is 12.6. The molecule has 0 aromatic heterocycles. The summed E-state index contributed by atoms with van der Waals surface area (Å²) in [5.41, 5.74) is 1.60. The lowest BCUT2D eigenvalue weighted by atomic mass is 9.91. The summed E-state index contributed by atoms with van der Waals surface area (Å²) in [7, 11) is 0. The van der Waals surface area contributed by atoms with Crippen molar-refractivity contribution in [2.24, 2.45) is 0 Å². The molecule has 2 aromatic carbocycles. The van der Waals surface area contributed by atoms with Crippen molar-refractivity contribution in [3.05, 3.63) is 83.9 Å². The molecular formula is C22H22O5. The summed E-state index contributed by atoms with van der Waals surface area (Å²) in [6.45, 7) is 3.44. The first-order valence-electron chi connectivity index (χ1n) is 8.74. The summed E-state index contributed by atoms with van der Waals surface area (Å²) in [5, 5.41) is 8.75. The lowest BCUT2D eigenvalue weighted by molar-refractivity contribution is -0.160. The van der Waals surface area contributed by atoms with Crippen LogP contribution in [0.4, 0.5) is 0 Å². The van der Waals surface area contributed by atoms with Crippen LogP contribution < -0.4 is 0 Å². The topological polar surface area (TPSA) is 80.7 Å². The van der Waals surface area contributed by atoms with E-state index in [1.165, 1.54) is 0 Å². The average Bonchev–Trinajstić information content (AvgIpc) is 2.67. The third-order valence-corrected chi connectivity index (χ3v) is 4.13. The van der Waals surface area contributed by atoms with Gasteiger partial charge in [-0.1, -0.05) is 67.2 Å². The second-order valence-electron chi connectivity index (χ2n) is 6.16. The minimum Gasteiger partial charge on any atom is -0.478 e. The number of hydrogen-bond donors (Lipinski definition) is 1. The second kappa shape index (κ2) is 10.1. The van der Waals surface area contributed by atoms with E-state index in [1.54, 1.807) is 0 Å². The van der Waals surface area contributed by atoms with Gasteiger partial charge in [-0.2, -0.15) is 0 Å². The monoisotopic (exact) mass is 366 g/mol. The summed E-state index contributed by atoms with van der Waals surface area (Å²) >= 11 is 0. The Hall–Kier alpha value is -3.21. The zero-order valence-corrected chi connectivity index (χ0v) is 15.0. The molecule has 0 radical (unpaired) electrons. The third kappa shape index (κ3) is 6.22. The first-order valence-corrected chi connectivity index (χ1v) is 8.74. The number of carboxylic acid groups (broad SMARTS) is 1. The largest absolute Gasteiger partial charge is 0.478 e. The molecule has 0 bridgehead atoms. The zero-order chi connectivity index (χ0) is 19.6. The highest BCUT2D eigenvalue weighted by molar-refractivity contribution is 5.91. The van der Waals surface area contributed by atoms with Crippen molar-refractivity contribution in [1.29, 1.82) is 0 Å². The number of carbonyl (C=O) groups is 3. The van der Waals surface area contributed by atoms with Gasteiger partial charge in [-0.25, -0.2) is 4.79 Å². The van der Waals surface area contributed by atoms with Crippen LogP contribution in [-0.4, -0.2) is 23.0 Å². The molecule has 2 aromatic rings. The fourth-order valence-electron chi connectivity index (χ4n) is 2.69. The Morgan fingerprint density at radius 2 is 1.33 bits per heavy atom. The van der Waals surface area contributed by atoms with Gasteiger partial charge in [0.05, 0.1) is 0 Å². The van der Waals surface area contributed by atoms with E-state index in [-0.39, 0.29) is 12.0 Å². The lowest BCUT2D eigenvalue weighted by Crippen LogP contribution is -2.21. The number of aliphatic carboxylic acids is 1. The summed E-state index contributed by atoms with van der Waals surface area (Å²) in [6.07, 6.45) is 1.27. The number of carboxylic acids is 1. The molecule has 5 nitrogen and oxygen atoms in total. The van der Waals surface area contributed by atoms with Crippen LogP contribution in [0.1, 0.15) is 42.7 Å². The molecule has 0 saturated heterocycles. The van der Waals surface area contributed by atoms with Gasteiger partial charge >= 0.3 is 17.9 Å². The second-order valence-corrected chi connectivity index (χ2v) is 6.16. The molecule has 0 heterocycles. The SMILES string of the molecule is C=C(CCCCC(=O)OC(=O)C(c1ccccc1)c1ccccc1)C(=O)O. The van der Waals surface area contributed by atoms with Crippen molar-refractivity contribution >= 4 is 17.9 Å². The van der Waals surface area contributed by atoms with Crippen molar-refractivity contribution in [2.75, 3.05) is 0 Å². The van der Waals surface area contributed by atoms with Crippen molar-refractivity contribution in [3.8, 4) is 0 Å². The zero-order valence-electron chi connectivity index (χ0n) is 15.0. The molecule has 0 unspecified atom stereocenters. The van der Waals surface area contributed by atoms with Crippen LogP contribution in [0.25, 0.3) is 0 Å². The van der Waals surface area contributed by atoms with E-state index in [1.807, 2.05) is 60.7 Å². The van der Waals surface area contributed by atoms with E-state index in [2.05, 4.69) is 6.58 Å². The van der Waals surface area contributed by atoms with E-state index in [0.717, 1.165) is 11.1 Å². The number of esters is 2. The maximum Gasteiger partial charge on any atom is 0.330 e. The highest BCUT2D eigenvalue weighted by Crippen LogP contribution is 2.26. The minimum atomic E-state index is -1.04. The predicted octanol–water partition coefficient (Wildman–Crippen LogP) is 4.09. The smallest absolute Gasteiger partial charge is 0.330 e. The quantitative estimate of drug-likeness (QED) is 0.313. The summed E-state index contributed by atoms with van der Waals surface area (Å²) in [4.78, 5) is 35.3. The molecule has 27 heavy (non-hydrogen) atoms. The summed E-state index contributed by atoms with van der Waals surface area (Å²) in [6, 6.07) is 18.3. The van der Waals surface area contributed by atoms with Crippen molar-refractivity contribution in [3.63, 3.8) is 0 Å². The fraction of sp³-hybridized carbons (Fsp3) is 0.227. The Labute approximate surface area is 158 Å². The number of hydrogen-bond acceptors (Lipinski definition) is 4. The standard InChI is InChI=1S/C22H22O5/c1-16(21(24)25)10-8-9-15-19(23)27-22(26)20(17-11-4-2-5-12-17)18-13-6-3-7-14-18/h2-7,11-14,20H,1,8-10,15H2,(H,24,25). The number of ether oxygens (including phenoxy) is 1. The summed E-state index contributed by atoms with van der Waals surface area (Å²) < 4.78 is 5.06. The van der Waals surface area contributed by atoms with Crippen LogP contribution in [0.5, 0.6) is 0 Å². The third-order valence-electron chi connectivity index (χ3n) is 4.13. The first-order chi connectivity index (χ1) is 13.0. The summed E-state index contributed by atoms with van der Waals surface area (Å²) in [5.74, 6) is -2.95. The average molecular weight is 366 g/mol. The molecule has 0 saturated carbocycles. The van der Waals surface area contributed by atoms with Gasteiger partial charge in [-0.3, -0.25) is 9.59 Å². The van der Waals surface area contributed by atoms with Gasteiger partial charge in [0.15, 0.2) is 0 Å². The molecular weight excluding hydrogens is 344 g/mol. The van der Waals surface area contributed by atoms with Crippen LogP contribution >= 0.6 is 0 Å². The van der Waals surface area contributed by atoms with Crippen LogP contribution in [0.2, 0.25) is 0 Å². The fourth-order valence-corrected chi connectivity index (χ4v) is 2.69. The highest BCUT2D eigenvalue weighted by atomic mass is 16.6. The Morgan fingerprint density at radius 1 is 0.852 bits per heavy atom. The Kier molecular flexibility index (Phi) is 7.49. The van der Waals surface area contributed by atoms with Gasteiger partial charge in [0, 0.05) is 12.0 Å². The van der Waals surface area contributed by atoms with Gasteiger partial charge in [0.1, 0.15) is 5.92 Å². The predicted molar refractivity (Wildman–Crippen MR) is 101 cm³/mol. The van der Waals surface area contributed by atoms with Gasteiger partial charge in [0.2, 0.25) is 0 Å². The Balaban J connectivity index is 1.97. The van der Waals surface area contributed by atoms with Crippen LogP contribution in [-0.2, 0) is 19.1 Å². The van der Waals surface area contributed by atoms with Crippen molar-refractivity contribution < 1.29 is 24.2 Å². The number of carbonyl (C=O) groups excluding carboxylic acids is 2. The van der Waals surface area contributed by atoms with Crippen LogP contribution in [0, 0.1) is 0 Å². The van der Waals surface area contributed by atoms with E-state index in [4.69, 9.17) is 9.84 Å². The van der Waals surface area contributed by atoms with E-state index in [9.17, 15) is 14.4 Å². The number of benzene rings is 2. The number of unbranched alkanes of at least 4 members (excludes halogenated alkanes) is 1. The van der Waals surface area contributed by atoms with Gasteiger partial charge < -0.3 is 9.84 Å². The molecule has 0 amide bonds. The highest BCUT2D eigenvalue weighted by Gasteiger charge is 2.26.